The zero-order valence-corrected chi connectivity index (χ0v) is 15.0. The number of nitrogens with zero attached hydrogens (tertiary/aromatic N) is 1. The van der Waals surface area contributed by atoms with E-state index in [1.807, 2.05) is 24.3 Å². The lowest BCUT2D eigenvalue weighted by Crippen LogP contribution is -2.42. The lowest BCUT2D eigenvalue weighted by Gasteiger charge is -2.37. The minimum Gasteiger partial charge on any atom is -0.493 e. The number of carbonyl (C=O) groups excluding carboxylic acids is 1. The van der Waals surface area contributed by atoms with Crippen LogP contribution in [-0.4, -0.2) is 36.3 Å². The summed E-state index contributed by atoms with van der Waals surface area (Å²) < 4.78 is 10.5. The third kappa shape index (κ3) is 4.14. The lowest BCUT2D eigenvalue weighted by molar-refractivity contribution is -0.122. The van der Waals surface area contributed by atoms with Gasteiger partial charge in [0.15, 0.2) is 11.5 Å². The summed E-state index contributed by atoms with van der Waals surface area (Å²) in [5, 5.41) is 12.7. The van der Waals surface area contributed by atoms with Crippen LogP contribution in [0, 0.1) is 5.92 Å². The summed E-state index contributed by atoms with van der Waals surface area (Å²) in [4.78, 5) is 17.0. The monoisotopic (exact) mass is 356 g/mol. The number of hydrogen-bond donors (Lipinski definition) is 2. The summed E-state index contributed by atoms with van der Waals surface area (Å²) in [5.74, 6) is 1.34. The average molecular weight is 356 g/mol. The number of ether oxygens (including phenoxy) is 2. The Morgan fingerprint density at radius 1 is 1.23 bits per heavy atom. The van der Waals surface area contributed by atoms with Gasteiger partial charge < -0.3 is 19.9 Å². The molecule has 1 aliphatic rings. The van der Waals surface area contributed by atoms with Gasteiger partial charge in [0.2, 0.25) is 5.91 Å². The van der Waals surface area contributed by atoms with Crippen molar-refractivity contribution >= 4 is 5.91 Å². The van der Waals surface area contributed by atoms with E-state index in [1.165, 1.54) is 0 Å². The van der Waals surface area contributed by atoms with E-state index in [0.29, 0.717) is 24.3 Å². The standard InChI is InChI=1S/C20H24N2O4/c1-25-17-7-6-13(9-18(17)26-2)10-19(24)22-20(14-11-15(23)12-14)16-5-3-4-8-21-16/h3-9,14-15,20,23H,10-12H2,1-2H3,(H,22,24)/t14?,15?,20-/m0/s1. The highest BCUT2D eigenvalue weighted by Gasteiger charge is 2.36. The van der Waals surface area contributed by atoms with Crippen molar-refractivity contribution in [2.75, 3.05) is 14.2 Å². The van der Waals surface area contributed by atoms with Gasteiger partial charge in [-0.15, -0.1) is 0 Å². The fourth-order valence-electron chi connectivity index (χ4n) is 3.30. The van der Waals surface area contributed by atoms with Crippen LogP contribution in [0.1, 0.15) is 30.1 Å². The van der Waals surface area contributed by atoms with Crippen LogP contribution < -0.4 is 14.8 Å². The number of aliphatic hydroxyl groups excluding tert-OH is 1. The Labute approximate surface area is 153 Å². The number of rotatable bonds is 7. The average Bonchev–Trinajstić information content (AvgIpc) is 2.64. The second-order valence-corrected chi connectivity index (χ2v) is 6.55. The van der Waals surface area contributed by atoms with Crippen molar-refractivity contribution < 1.29 is 19.4 Å². The van der Waals surface area contributed by atoms with E-state index in [9.17, 15) is 9.90 Å². The Balaban J connectivity index is 1.70. The van der Waals surface area contributed by atoms with Crippen molar-refractivity contribution in [1.29, 1.82) is 0 Å². The van der Waals surface area contributed by atoms with Crippen LogP contribution in [0.25, 0.3) is 0 Å². The van der Waals surface area contributed by atoms with E-state index in [1.54, 1.807) is 32.5 Å². The molecule has 3 rings (SSSR count). The Morgan fingerprint density at radius 3 is 2.62 bits per heavy atom. The maximum atomic E-state index is 12.6. The highest BCUT2D eigenvalue weighted by molar-refractivity contribution is 5.79. The van der Waals surface area contributed by atoms with Crippen LogP contribution in [0.5, 0.6) is 11.5 Å². The molecule has 0 radical (unpaired) electrons. The summed E-state index contributed by atoms with van der Waals surface area (Å²) in [6.07, 6.45) is 3.03. The third-order valence-electron chi connectivity index (χ3n) is 4.76. The lowest BCUT2D eigenvalue weighted by atomic mass is 9.76. The van der Waals surface area contributed by atoms with Crippen LogP contribution in [0.4, 0.5) is 0 Å². The first kappa shape index (κ1) is 18.2. The maximum Gasteiger partial charge on any atom is 0.224 e. The molecule has 1 amide bonds. The molecule has 1 atom stereocenters. The number of carbonyl (C=O) groups is 1. The summed E-state index contributed by atoms with van der Waals surface area (Å²) in [7, 11) is 3.15. The SMILES string of the molecule is COc1ccc(CC(=O)N[C@H](c2ccccn2)C2CC(O)C2)cc1OC. The number of amides is 1. The van der Waals surface area contributed by atoms with Gasteiger partial charge in [0.1, 0.15) is 0 Å². The molecule has 0 unspecified atom stereocenters. The molecule has 6 heteroatoms. The molecule has 26 heavy (non-hydrogen) atoms. The first-order valence-electron chi connectivity index (χ1n) is 8.70. The molecule has 138 valence electrons. The fourth-order valence-corrected chi connectivity index (χ4v) is 3.30. The number of aliphatic hydroxyl groups is 1. The predicted octanol–water partition coefficient (Wildman–Crippen LogP) is 2.27. The minimum absolute atomic E-state index is 0.0886. The van der Waals surface area contributed by atoms with Crippen LogP contribution >= 0.6 is 0 Å². The quantitative estimate of drug-likeness (QED) is 0.795. The molecular weight excluding hydrogens is 332 g/mol. The van der Waals surface area contributed by atoms with E-state index in [0.717, 1.165) is 11.3 Å². The van der Waals surface area contributed by atoms with Crippen molar-refractivity contribution in [1.82, 2.24) is 10.3 Å². The number of pyridine rings is 1. The van der Waals surface area contributed by atoms with Crippen molar-refractivity contribution in [3.05, 3.63) is 53.9 Å². The van der Waals surface area contributed by atoms with Gasteiger partial charge in [0.25, 0.3) is 0 Å². The molecule has 6 nitrogen and oxygen atoms in total. The summed E-state index contributed by atoms with van der Waals surface area (Å²) in [5.41, 5.74) is 1.67. The number of methoxy groups -OCH3 is 2. The molecular formula is C20H24N2O4. The van der Waals surface area contributed by atoms with Gasteiger partial charge >= 0.3 is 0 Å². The highest BCUT2D eigenvalue weighted by Crippen LogP contribution is 2.37. The van der Waals surface area contributed by atoms with Gasteiger partial charge in [-0.3, -0.25) is 9.78 Å². The van der Waals surface area contributed by atoms with Crippen molar-refractivity contribution in [3.8, 4) is 11.5 Å². The van der Waals surface area contributed by atoms with Crippen LogP contribution in [0.2, 0.25) is 0 Å². The first-order valence-corrected chi connectivity index (χ1v) is 8.70. The highest BCUT2D eigenvalue weighted by atomic mass is 16.5. The summed E-state index contributed by atoms with van der Waals surface area (Å²) in [6.45, 7) is 0. The predicted molar refractivity (Wildman–Crippen MR) is 97.1 cm³/mol. The molecule has 0 aliphatic heterocycles. The summed E-state index contributed by atoms with van der Waals surface area (Å²) in [6, 6.07) is 10.9. The van der Waals surface area contributed by atoms with Gasteiger partial charge in [0.05, 0.1) is 38.5 Å². The molecule has 1 saturated carbocycles. The summed E-state index contributed by atoms with van der Waals surface area (Å²) >= 11 is 0. The largest absolute Gasteiger partial charge is 0.493 e. The van der Waals surface area contributed by atoms with Gasteiger partial charge in [-0.1, -0.05) is 12.1 Å². The number of hydrogen-bond acceptors (Lipinski definition) is 5. The Morgan fingerprint density at radius 2 is 2.00 bits per heavy atom. The van der Waals surface area contributed by atoms with Gasteiger partial charge in [-0.25, -0.2) is 0 Å². The number of nitrogens with one attached hydrogen (secondary N) is 1. The minimum atomic E-state index is -0.283. The first-order chi connectivity index (χ1) is 12.6. The van der Waals surface area contributed by atoms with Crippen LogP contribution in [-0.2, 0) is 11.2 Å². The molecule has 1 heterocycles. The third-order valence-corrected chi connectivity index (χ3v) is 4.76. The Kier molecular flexibility index (Phi) is 5.73. The van der Waals surface area contributed by atoms with Gasteiger partial charge in [-0.05, 0) is 48.6 Å². The maximum absolute atomic E-state index is 12.6. The van der Waals surface area contributed by atoms with E-state index in [4.69, 9.17) is 9.47 Å². The molecule has 0 bridgehead atoms. The van der Waals surface area contributed by atoms with Gasteiger partial charge in [-0.2, -0.15) is 0 Å². The number of aromatic nitrogens is 1. The van der Waals surface area contributed by atoms with Crippen molar-refractivity contribution in [2.24, 2.45) is 5.92 Å². The number of benzene rings is 1. The molecule has 1 aromatic heterocycles. The smallest absolute Gasteiger partial charge is 0.224 e. The zero-order valence-electron chi connectivity index (χ0n) is 15.0. The molecule has 0 spiro atoms. The second kappa shape index (κ2) is 8.19. The van der Waals surface area contributed by atoms with Crippen molar-refractivity contribution in [2.45, 2.75) is 31.4 Å². The molecule has 1 fully saturated rings. The van der Waals surface area contributed by atoms with E-state index in [2.05, 4.69) is 10.3 Å². The van der Waals surface area contributed by atoms with E-state index in [-0.39, 0.29) is 30.4 Å². The van der Waals surface area contributed by atoms with E-state index < -0.39 is 0 Å². The molecule has 2 aromatic rings. The van der Waals surface area contributed by atoms with Crippen LogP contribution in [0.15, 0.2) is 42.6 Å². The molecule has 2 N–H and O–H groups in total. The topological polar surface area (TPSA) is 80.7 Å². The Bertz CT molecular complexity index is 745. The van der Waals surface area contributed by atoms with Crippen LogP contribution in [0.3, 0.4) is 0 Å². The van der Waals surface area contributed by atoms with E-state index >= 15 is 0 Å². The zero-order chi connectivity index (χ0) is 18.5. The molecule has 1 aromatic carbocycles. The molecule has 0 saturated heterocycles. The Hall–Kier alpha value is -2.60. The molecule has 1 aliphatic carbocycles. The van der Waals surface area contributed by atoms with Crippen molar-refractivity contribution in [3.63, 3.8) is 0 Å². The normalized spacial score (nSPS) is 20.0. The van der Waals surface area contributed by atoms with Gasteiger partial charge in [0, 0.05) is 6.20 Å². The second-order valence-electron chi connectivity index (χ2n) is 6.55. The fraction of sp³-hybridized carbons (Fsp3) is 0.400.